The molecule has 0 amide bonds. The Labute approximate surface area is 77.2 Å². The molecule has 0 radical (unpaired) electrons. The van der Waals surface area contributed by atoms with E-state index in [0.717, 1.165) is 0 Å². The molecule has 0 saturated carbocycles. The second kappa shape index (κ2) is 5.08. The summed E-state index contributed by atoms with van der Waals surface area (Å²) in [5.41, 5.74) is 0.488. The Bertz CT molecular complexity index is 97.0. The summed E-state index contributed by atoms with van der Waals surface area (Å²) in [6.07, 6.45) is 5.02. The lowest BCUT2D eigenvalue weighted by atomic mass is 9.84. The molecule has 0 saturated heterocycles. The SMILES string of the molecule is CCCC(S)CC(C)(C)CC. The van der Waals surface area contributed by atoms with Gasteiger partial charge in [-0.2, -0.15) is 12.6 Å². The highest BCUT2D eigenvalue weighted by atomic mass is 32.1. The maximum absolute atomic E-state index is 4.56. The summed E-state index contributed by atoms with van der Waals surface area (Å²) in [6, 6.07) is 0. The van der Waals surface area contributed by atoms with Gasteiger partial charge in [-0.1, -0.05) is 40.5 Å². The molecule has 0 rings (SSSR count). The molecule has 0 aliphatic heterocycles. The van der Waals surface area contributed by atoms with Crippen LogP contribution in [0.2, 0.25) is 0 Å². The first-order chi connectivity index (χ1) is 5.02. The monoisotopic (exact) mass is 174 g/mol. The lowest BCUT2D eigenvalue weighted by Crippen LogP contribution is -2.16. The van der Waals surface area contributed by atoms with Crippen LogP contribution in [0.5, 0.6) is 0 Å². The third-order valence-electron chi connectivity index (χ3n) is 2.37. The quantitative estimate of drug-likeness (QED) is 0.600. The predicted octanol–water partition coefficient (Wildman–Crippen LogP) is 3.91. The smallest absolute Gasteiger partial charge is 0.00217 e. The van der Waals surface area contributed by atoms with Crippen molar-refractivity contribution in [2.45, 2.75) is 58.6 Å². The Kier molecular flexibility index (Phi) is 5.24. The number of hydrogen-bond donors (Lipinski definition) is 1. The first-order valence-electron chi connectivity index (χ1n) is 4.70. The zero-order valence-electron chi connectivity index (χ0n) is 8.35. The number of hydrogen-bond acceptors (Lipinski definition) is 1. The highest BCUT2D eigenvalue weighted by Gasteiger charge is 2.18. The standard InChI is InChI=1S/C10H22S/c1-5-7-9(11)8-10(3,4)6-2/h9,11H,5-8H2,1-4H3. The van der Waals surface area contributed by atoms with E-state index < -0.39 is 0 Å². The van der Waals surface area contributed by atoms with E-state index in [1.165, 1.54) is 25.7 Å². The van der Waals surface area contributed by atoms with Gasteiger partial charge >= 0.3 is 0 Å². The van der Waals surface area contributed by atoms with Gasteiger partial charge in [0.15, 0.2) is 0 Å². The fraction of sp³-hybridized carbons (Fsp3) is 1.00. The van der Waals surface area contributed by atoms with Crippen LogP contribution < -0.4 is 0 Å². The minimum atomic E-state index is 0.488. The van der Waals surface area contributed by atoms with E-state index in [1.54, 1.807) is 0 Å². The van der Waals surface area contributed by atoms with E-state index in [2.05, 4.69) is 40.3 Å². The molecule has 1 unspecified atom stereocenters. The van der Waals surface area contributed by atoms with Gasteiger partial charge < -0.3 is 0 Å². The molecule has 0 aliphatic carbocycles. The molecule has 1 heteroatoms. The maximum Gasteiger partial charge on any atom is 0.00217 e. The molecule has 0 heterocycles. The molecule has 0 bridgehead atoms. The fourth-order valence-corrected chi connectivity index (χ4v) is 1.97. The van der Waals surface area contributed by atoms with Gasteiger partial charge in [0.2, 0.25) is 0 Å². The highest BCUT2D eigenvalue weighted by molar-refractivity contribution is 7.80. The molecule has 1 atom stereocenters. The van der Waals surface area contributed by atoms with Crippen molar-refractivity contribution < 1.29 is 0 Å². The molecule has 0 aromatic heterocycles. The van der Waals surface area contributed by atoms with E-state index in [9.17, 15) is 0 Å². The van der Waals surface area contributed by atoms with E-state index in [-0.39, 0.29) is 0 Å². The van der Waals surface area contributed by atoms with Crippen molar-refractivity contribution in [3.8, 4) is 0 Å². The third-order valence-corrected chi connectivity index (χ3v) is 2.81. The van der Waals surface area contributed by atoms with E-state index in [4.69, 9.17) is 0 Å². The van der Waals surface area contributed by atoms with E-state index in [0.29, 0.717) is 10.7 Å². The van der Waals surface area contributed by atoms with Gasteiger partial charge in [0, 0.05) is 5.25 Å². The molecule has 0 fully saturated rings. The molecule has 0 aromatic rings. The van der Waals surface area contributed by atoms with Gasteiger partial charge in [-0.3, -0.25) is 0 Å². The zero-order valence-corrected chi connectivity index (χ0v) is 9.25. The maximum atomic E-state index is 4.56. The summed E-state index contributed by atoms with van der Waals surface area (Å²) >= 11 is 4.56. The van der Waals surface area contributed by atoms with Crippen molar-refractivity contribution >= 4 is 12.6 Å². The first-order valence-corrected chi connectivity index (χ1v) is 5.21. The average molecular weight is 174 g/mol. The minimum absolute atomic E-state index is 0.488. The van der Waals surface area contributed by atoms with Crippen LogP contribution in [0.25, 0.3) is 0 Å². The molecular formula is C10H22S. The zero-order chi connectivity index (χ0) is 8.91. The summed E-state index contributed by atoms with van der Waals surface area (Å²) in [5.74, 6) is 0. The van der Waals surface area contributed by atoms with Crippen molar-refractivity contribution in [2.75, 3.05) is 0 Å². The summed E-state index contributed by atoms with van der Waals surface area (Å²) in [6.45, 7) is 9.13. The second-order valence-electron chi connectivity index (χ2n) is 4.16. The summed E-state index contributed by atoms with van der Waals surface area (Å²) < 4.78 is 0. The Morgan fingerprint density at radius 2 is 1.82 bits per heavy atom. The Hall–Kier alpha value is 0.350. The molecule has 0 aromatic carbocycles. The molecule has 0 N–H and O–H groups in total. The molecule has 68 valence electrons. The average Bonchev–Trinajstić information content (AvgIpc) is 1.87. The Balaban J connectivity index is 3.64. The lowest BCUT2D eigenvalue weighted by molar-refractivity contribution is 0.314. The van der Waals surface area contributed by atoms with Crippen molar-refractivity contribution in [3.05, 3.63) is 0 Å². The lowest BCUT2D eigenvalue weighted by Gasteiger charge is -2.25. The molecular weight excluding hydrogens is 152 g/mol. The van der Waals surface area contributed by atoms with Gasteiger partial charge in [0.1, 0.15) is 0 Å². The molecule has 0 nitrogen and oxygen atoms in total. The van der Waals surface area contributed by atoms with Gasteiger partial charge in [-0.15, -0.1) is 0 Å². The molecule has 11 heavy (non-hydrogen) atoms. The number of rotatable bonds is 5. The minimum Gasteiger partial charge on any atom is -0.176 e. The van der Waals surface area contributed by atoms with Crippen LogP contribution in [0.3, 0.4) is 0 Å². The fourth-order valence-electron chi connectivity index (χ4n) is 1.22. The normalized spacial score (nSPS) is 15.0. The summed E-state index contributed by atoms with van der Waals surface area (Å²) in [7, 11) is 0. The van der Waals surface area contributed by atoms with Crippen LogP contribution in [0, 0.1) is 5.41 Å². The largest absolute Gasteiger partial charge is 0.176 e. The van der Waals surface area contributed by atoms with Crippen LogP contribution in [0.15, 0.2) is 0 Å². The van der Waals surface area contributed by atoms with E-state index >= 15 is 0 Å². The van der Waals surface area contributed by atoms with Crippen LogP contribution in [0.1, 0.15) is 53.4 Å². The second-order valence-corrected chi connectivity index (χ2v) is 4.89. The third kappa shape index (κ3) is 5.60. The van der Waals surface area contributed by atoms with Crippen LogP contribution in [-0.2, 0) is 0 Å². The van der Waals surface area contributed by atoms with Crippen LogP contribution >= 0.6 is 12.6 Å². The van der Waals surface area contributed by atoms with Gasteiger partial charge in [0.25, 0.3) is 0 Å². The topological polar surface area (TPSA) is 0 Å². The summed E-state index contributed by atoms with van der Waals surface area (Å²) in [4.78, 5) is 0. The van der Waals surface area contributed by atoms with Crippen molar-refractivity contribution in [1.82, 2.24) is 0 Å². The van der Waals surface area contributed by atoms with Gasteiger partial charge in [0.05, 0.1) is 0 Å². The van der Waals surface area contributed by atoms with Crippen LogP contribution in [-0.4, -0.2) is 5.25 Å². The Morgan fingerprint density at radius 1 is 1.27 bits per heavy atom. The van der Waals surface area contributed by atoms with Crippen molar-refractivity contribution in [1.29, 1.82) is 0 Å². The highest BCUT2D eigenvalue weighted by Crippen LogP contribution is 2.29. The van der Waals surface area contributed by atoms with Crippen LogP contribution in [0.4, 0.5) is 0 Å². The first kappa shape index (κ1) is 11.4. The van der Waals surface area contributed by atoms with E-state index in [1.807, 2.05) is 0 Å². The number of thiol groups is 1. The molecule has 0 aliphatic rings. The van der Waals surface area contributed by atoms with Gasteiger partial charge in [-0.25, -0.2) is 0 Å². The van der Waals surface area contributed by atoms with Gasteiger partial charge in [-0.05, 0) is 18.3 Å². The predicted molar refractivity (Wildman–Crippen MR) is 56.4 cm³/mol. The summed E-state index contributed by atoms with van der Waals surface area (Å²) in [5, 5.41) is 0.606. The van der Waals surface area contributed by atoms with Crippen molar-refractivity contribution in [3.63, 3.8) is 0 Å². The van der Waals surface area contributed by atoms with Crippen molar-refractivity contribution in [2.24, 2.45) is 5.41 Å². The molecule has 0 spiro atoms. The Morgan fingerprint density at radius 3 is 2.18 bits per heavy atom.